The molecule has 4 aliphatic heterocycles. The van der Waals surface area contributed by atoms with Crippen LogP contribution in [-0.4, -0.2) is 94.2 Å². The number of β-lactam (4-membered cyclic amide) rings is 1. The molecule has 0 aliphatic carbocycles. The molecule has 4 heterocycles. The Morgan fingerprint density at radius 1 is 1.29 bits per heavy atom. The average molecular weight is 505 g/mol. The van der Waals surface area contributed by atoms with Crippen molar-refractivity contribution in [3.8, 4) is 0 Å². The fourth-order valence-electron chi connectivity index (χ4n) is 5.37. The number of carboxylic acids is 1. The monoisotopic (exact) mass is 504 g/mol. The van der Waals surface area contributed by atoms with Gasteiger partial charge in [0.15, 0.2) is 0 Å². The van der Waals surface area contributed by atoms with Gasteiger partial charge < -0.3 is 25.5 Å². The van der Waals surface area contributed by atoms with Crippen molar-refractivity contribution in [1.82, 2.24) is 20.4 Å². The van der Waals surface area contributed by atoms with Gasteiger partial charge in [-0.05, 0) is 19.8 Å². The number of alkyl halides is 3. The maximum absolute atomic E-state index is 13.5. The lowest BCUT2D eigenvalue weighted by atomic mass is 9.78. The predicted molar refractivity (Wildman–Crippen MR) is 115 cm³/mol. The topological polar surface area (TPSA) is 119 Å². The Labute approximate surface area is 198 Å². The van der Waals surface area contributed by atoms with Crippen molar-refractivity contribution in [2.75, 3.05) is 19.6 Å². The van der Waals surface area contributed by atoms with Crippen LogP contribution < -0.4 is 10.6 Å². The number of nitrogens with zero attached hydrogens (tertiary/aromatic N) is 2. The highest BCUT2D eigenvalue weighted by Gasteiger charge is 2.60. The van der Waals surface area contributed by atoms with Gasteiger partial charge >= 0.3 is 12.4 Å². The molecule has 0 saturated carbocycles. The first kappa shape index (κ1) is 24.8. The van der Waals surface area contributed by atoms with Gasteiger partial charge in [0, 0.05) is 35.2 Å². The second kappa shape index (κ2) is 9.40. The van der Waals surface area contributed by atoms with Crippen LogP contribution in [0.1, 0.15) is 26.7 Å². The molecular formula is C21H27F3N4O5S. The molecule has 1 unspecified atom stereocenters. The molecule has 0 spiro atoms. The van der Waals surface area contributed by atoms with Crippen LogP contribution in [0.4, 0.5) is 13.2 Å². The number of carbonyl (C=O) groups excluding carboxylic acids is 3. The summed E-state index contributed by atoms with van der Waals surface area (Å²) >= 11 is 1.30. The molecule has 0 bridgehead atoms. The minimum Gasteiger partial charge on any atom is -0.477 e. The number of halogens is 3. The number of amides is 3. The molecule has 3 N–H and O–H groups in total. The first-order chi connectivity index (χ1) is 16.0. The van der Waals surface area contributed by atoms with E-state index in [0.29, 0.717) is 30.8 Å². The smallest absolute Gasteiger partial charge is 0.353 e. The Morgan fingerprint density at radius 3 is 2.59 bits per heavy atom. The van der Waals surface area contributed by atoms with Crippen molar-refractivity contribution in [3.05, 3.63) is 10.6 Å². The Morgan fingerprint density at radius 2 is 2.00 bits per heavy atom. The molecule has 0 aromatic rings. The summed E-state index contributed by atoms with van der Waals surface area (Å²) in [5.41, 5.74) is -0.134. The first-order valence-corrected chi connectivity index (χ1v) is 12.1. The van der Waals surface area contributed by atoms with Gasteiger partial charge in [-0.25, -0.2) is 9.18 Å². The normalized spacial score (nSPS) is 33.9. The molecule has 0 radical (unpaired) electrons. The Balaban J connectivity index is 1.44. The summed E-state index contributed by atoms with van der Waals surface area (Å²) in [6.45, 7) is 4.13. The van der Waals surface area contributed by atoms with Gasteiger partial charge in [-0.15, -0.1) is 11.8 Å². The lowest BCUT2D eigenvalue weighted by molar-refractivity contribution is -0.159. The standard InChI is InChI=1S/C21H27F3N4O5S/c1-8-14-13(9(2)26-18(29)17(23)24)20(31)28(14)15(21(32)33)16(8)34-11-5-12(25-6-11)19(30)27-4-3-10(22)7-27/h8-14,17,25H,3-7H2,1-2H3,(H,26,29)(H,32,33)/t8-,9-,10?,11+,12+,13-,14-/m1/s1. The number of carbonyl (C=O) groups is 4. The van der Waals surface area contributed by atoms with E-state index in [-0.39, 0.29) is 29.3 Å². The van der Waals surface area contributed by atoms with Crippen molar-refractivity contribution in [1.29, 1.82) is 0 Å². The number of carboxylic acid groups (broad SMARTS) is 1. The average Bonchev–Trinajstić information content (AvgIpc) is 3.46. The molecule has 3 saturated heterocycles. The zero-order chi connectivity index (χ0) is 24.9. The molecule has 188 valence electrons. The van der Waals surface area contributed by atoms with Crippen LogP contribution in [0.15, 0.2) is 10.6 Å². The lowest BCUT2D eigenvalue weighted by Gasteiger charge is -2.47. The molecule has 13 heteroatoms. The Kier molecular flexibility index (Phi) is 6.87. The van der Waals surface area contributed by atoms with Gasteiger partial charge in [-0.1, -0.05) is 6.92 Å². The summed E-state index contributed by atoms with van der Waals surface area (Å²) in [6.07, 6.45) is -3.47. The van der Waals surface area contributed by atoms with Gasteiger partial charge in [0.1, 0.15) is 11.9 Å². The fraction of sp³-hybridized carbons (Fsp3) is 0.714. The van der Waals surface area contributed by atoms with Crippen LogP contribution in [0.25, 0.3) is 0 Å². The minimum absolute atomic E-state index is 0.0839. The number of hydrogen-bond acceptors (Lipinski definition) is 6. The van der Waals surface area contributed by atoms with Crippen molar-refractivity contribution >= 4 is 35.5 Å². The second-order valence-electron chi connectivity index (χ2n) is 9.24. The van der Waals surface area contributed by atoms with E-state index in [4.69, 9.17) is 0 Å². The van der Waals surface area contributed by atoms with E-state index < -0.39 is 54.4 Å². The summed E-state index contributed by atoms with van der Waals surface area (Å²) in [6, 6.07) is -1.93. The molecule has 4 aliphatic rings. The van der Waals surface area contributed by atoms with E-state index in [2.05, 4.69) is 10.6 Å². The van der Waals surface area contributed by atoms with E-state index in [9.17, 15) is 37.5 Å². The van der Waals surface area contributed by atoms with Gasteiger partial charge in [0.05, 0.1) is 24.5 Å². The number of thioether (sulfide) groups is 1. The number of nitrogens with one attached hydrogen (secondary N) is 2. The fourth-order valence-corrected chi connectivity index (χ4v) is 6.85. The van der Waals surface area contributed by atoms with Gasteiger partial charge in [0.25, 0.3) is 5.91 Å². The van der Waals surface area contributed by atoms with Gasteiger partial charge in [0.2, 0.25) is 11.8 Å². The quantitative estimate of drug-likeness (QED) is 0.434. The number of rotatable bonds is 7. The molecule has 7 atom stereocenters. The summed E-state index contributed by atoms with van der Waals surface area (Å²) in [7, 11) is 0. The van der Waals surface area contributed by atoms with Gasteiger partial charge in [-0.3, -0.25) is 14.4 Å². The van der Waals surface area contributed by atoms with Crippen LogP contribution in [0.3, 0.4) is 0 Å². The van der Waals surface area contributed by atoms with Crippen molar-refractivity contribution < 1.29 is 37.5 Å². The van der Waals surface area contributed by atoms with Crippen LogP contribution >= 0.6 is 11.8 Å². The van der Waals surface area contributed by atoms with E-state index in [1.807, 2.05) is 0 Å². The summed E-state index contributed by atoms with van der Waals surface area (Å²) in [5, 5.41) is 15.0. The molecule has 3 fully saturated rings. The highest BCUT2D eigenvalue weighted by molar-refractivity contribution is 8.03. The molecule has 4 rings (SSSR count). The third kappa shape index (κ3) is 4.28. The third-order valence-corrected chi connectivity index (χ3v) is 8.53. The van der Waals surface area contributed by atoms with Crippen molar-refractivity contribution in [2.45, 2.75) is 62.7 Å². The van der Waals surface area contributed by atoms with Crippen LogP contribution in [0, 0.1) is 11.8 Å². The third-order valence-electron chi connectivity index (χ3n) is 7.02. The second-order valence-corrected chi connectivity index (χ2v) is 10.6. The Hall–Kier alpha value is -2.28. The number of fused-ring (bicyclic) bond motifs is 1. The van der Waals surface area contributed by atoms with E-state index in [1.54, 1.807) is 6.92 Å². The molecule has 0 aromatic heterocycles. The summed E-state index contributed by atoms with van der Waals surface area (Å²) in [5.74, 6) is -4.64. The largest absolute Gasteiger partial charge is 0.477 e. The maximum Gasteiger partial charge on any atom is 0.353 e. The summed E-state index contributed by atoms with van der Waals surface area (Å²) < 4.78 is 38.7. The zero-order valence-corrected chi connectivity index (χ0v) is 19.5. The van der Waals surface area contributed by atoms with Crippen LogP contribution in [-0.2, 0) is 19.2 Å². The number of hydrogen-bond donors (Lipinski definition) is 3. The van der Waals surface area contributed by atoms with Crippen LogP contribution in [0.5, 0.6) is 0 Å². The maximum atomic E-state index is 13.5. The molecule has 9 nitrogen and oxygen atoms in total. The Bertz CT molecular complexity index is 934. The van der Waals surface area contributed by atoms with E-state index >= 15 is 0 Å². The first-order valence-electron chi connectivity index (χ1n) is 11.2. The summed E-state index contributed by atoms with van der Waals surface area (Å²) in [4.78, 5) is 52.1. The SMILES string of the molecule is C[C@@H](NC(=O)C(F)F)[C@H]1C(=O)N2C(C(=O)O)=C(S[C@@H]3CN[C@H](C(=O)N4CCC(F)C4)C3)[C@H](C)[C@H]12. The van der Waals surface area contributed by atoms with Crippen molar-refractivity contribution in [3.63, 3.8) is 0 Å². The van der Waals surface area contributed by atoms with Crippen molar-refractivity contribution in [2.24, 2.45) is 11.8 Å². The van der Waals surface area contributed by atoms with E-state index in [0.717, 1.165) is 0 Å². The molecule has 3 amide bonds. The predicted octanol–water partition coefficient (Wildman–Crippen LogP) is 0.563. The van der Waals surface area contributed by atoms with Gasteiger partial charge in [-0.2, -0.15) is 8.78 Å². The molecule has 34 heavy (non-hydrogen) atoms. The molecule has 0 aromatic carbocycles. The highest BCUT2D eigenvalue weighted by Crippen LogP contribution is 2.51. The van der Waals surface area contributed by atoms with E-state index in [1.165, 1.54) is 28.5 Å². The lowest BCUT2D eigenvalue weighted by Crippen LogP contribution is -2.66. The van der Waals surface area contributed by atoms with Crippen LogP contribution in [0.2, 0.25) is 0 Å². The minimum atomic E-state index is -3.21. The number of likely N-dealkylation sites (tertiary alicyclic amines) is 1. The molecular weight excluding hydrogens is 477 g/mol. The number of aliphatic carboxylic acids is 1. The highest BCUT2D eigenvalue weighted by atomic mass is 32.2. The zero-order valence-electron chi connectivity index (χ0n) is 18.7.